The highest BCUT2D eigenvalue weighted by Crippen LogP contribution is 2.40. The Morgan fingerprint density at radius 3 is 2.44 bits per heavy atom. The van der Waals surface area contributed by atoms with Crippen LogP contribution >= 0.6 is 34.5 Å². The van der Waals surface area contributed by atoms with Gasteiger partial charge >= 0.3 is 0 Å². The van der Waals surface area contributed by atoms with Gasteiger partial charge in [0.15, 0.2) is 0 Å². The van der Waals surface area contributed by atoms with Crippen molar-refractivity contribution in [3.63, 3.8) is 0 Å². The van der Waals surface area contributed by atoms with Crippen molar-refractivity contribution in [1.29, 1.82) is 0 Å². The Hall–Kier alpha value is -0.700. The molecule has 0 aliphatic heterocycles. The van der Waals surface area contributed by atoms with Crippen LogP contribution in [0, 0.1) is 13.8 Å². The fraction of sp³-hybridized carbons (Fsp3) is 0.286. The Bertz CT molecular complexity index is 563. The Morgan fingerprint density at radius 2 is 1.94 bits per heavy atom. The highest BCUT2D eigenvalue weighted by molar-refractivity contribution is 7.11. The zero-order valence-electron chi connectivity index (χ0n) is 10.5. The predicted molar refractivity (Wildman–Crippen MR) is 79.5 cm³/mol. The van der Waals surface area contributed by atoms with Gasteiger partial charge in [-0.3, -0.25) is 0 Å². The van der Waals surface area contributed by atoms with E-state index in [1.54, 1.807) is 18.4 Å². The second-order valence-corrected chi connectivity index (χ2v) is 5.91. The molecule has 0 aliphatic carbocycles. The number of methoxy groups -OCH3 is 1. The van der Waals surface area contributed by atoms with Crippen molar-refractivity contribution in [2.45, 2.75) is 19.2 Å². The van der Waals surface area contributed by atoms with Crippen molar-refractivity contribution < 1.29 is 4.74 Å². The van der Waals surface area contributed by atoms with Gasteiger partial charge < -0.3 is 4.74 Å². The van der Waals surface area contributed by atoms with Crippen LogP contribution < -0.4 is 4.74 Å². The number of benzene rings is 1. The molecule has 0 amide bonds. The topological polar surface area (TPSA) is 9.23 Å². The second-order valence-electron chi connectivity index (χ2n) is 4.18. The maximum atomic E-state index is 6.54. The molecule has 0 spiro atoms. The average molecular weight is 301 g/mol. The van der Waals surface area contributed by atoms with Gasteiger partial charge in [-0.2, -0.15) is 0 Å². The minimum Gasteiger partial charge on any atom is -0.497 e. The lowest BCUT2D eigenvalue weighted by atomic mass is 10.0. The lowest BCUT2D eigenvalue weighted by Gasteiger charge is -2.13. The number of hydrogen-bond donors (Lipinski definition) is 0. The van der Waals surface area contributed by atoms with Crippen LogP contribution in [0.25, 0.3) is 0 Å². The lowest BCUT2D eigenvalue weighted by Crippen LogP contribution is -1.96. The van der Waals surface area contributed by atoms with Crippen LogP contribution in [0.1, 0.15) is 26.9 Å². The summed E-state index contributed by atoms with van der Waals surface area (Å²) in [5.74, 6) is 0.841. The smallest absolute Gasteiger partial charge is 0.119 e. The molecule has 0 radical (unpaired) electrons. The SMILES string of the molecule is COc1ccc(C(Cl)c2scc(C)c2Cl)c(C)c1. The van der Waals surface area contributed by atoms with E-state index >= 15 is 0 Å². The molecule has 0 saturated carbocycles. The van der Waals surface area contributed by atoms with Gasteiger partial charge in [0.1, 0.15) is 5.75 Å². The molecule has 0 bridgehead atoms. The molecule has 96 valence electrons. The number of ether oxygens (including phenoxy) is 1. The molecule has 18 heavy (non-hydrogen) atoms. The molecule has 1 heterocycles. The molecule has 0 aliphatic rings. The van der Waals surface area contributed by atoms with Crippen LogP contribution in [0.2, 0.25) is 5.02 Å². The number of rotatable bonds is 3. The van der Waals surface area contributed by atoms with E-state index in [1.165, 1.54) is 0 Å². The number of thiophene rings is 1. The summed E-state index contributed by atoms with van der Waals surface area (Å²) in [6.07, 6.45) is 0. The van der Waals surface area contributed by atoms with Crippen molar-refractivity contribution in [1.82, 2.24) is 0 Å². The molecule has 0 fully saturated rings. The summed E-state index contributed by atoms with van der Waals surface area (Å²) in [5, 5.41) is 2.60. The van der Waals surface area contributed by atoms with Crippen molar-refractivity contribution in [3.8, 4) is 5.75 Å². The van der Waals surface area contributed by atoms with Gasteiger partial charge in [0.25, 0.3) is 0 Å². The van der Waals surface area contributed by atoms with Gasteiger partial charge in [0.2, 0.25) is 0 Å². The van der Waals surface area contributed by atoms with Crippen LogP contribution in [0.15, 0.2) is 23.6 Å². The van der Waals surface area contributed by atoms with E-state index in [0.717, 1.165) is 32.3 Å². The van der Waals surface area contributed by atoms with E-state index in [4.69, 9.17) is 27.9 Å². The second kappa shape index (κ2) is 5.52. The molecule has 2 aromatic rings. The van der Waals surface area contributed by atoms with Crippen molar-refractivity contribution in [3.05, 3.63) is 50.2 Å². The van der Waals surface area contributed by atoms with Gasteiger partial charge in [-0.15, -0.1) is 22.9 Å². The van der Waals surface area contributed by atoms with E-state index in [1.807, 2.05) is 37.4 Å². The molecule has 1 unspecified atom stereocenters. The fourth-order valence-electron chi connectivity index (χ4n) is 1.82. The third-order valence-electron chi connectivity index (χ3n) is 2.91. The largest absolute Gasteiger partial charge is 0.497 e. The lowest BCUT2D eigenvalue weighted by molar-refractivity contribution is 0.414. The average Bonchev–Trinajstić information content (AvgIpc) is 2.69. The molecule has 4 heteroatoms. The highest BCUT2D eigenvalue weighted by atomic mass is 35.5. The standard InChI is InChI=1S/C14H14Cl2OS/c1-8-6-10(17-3)4-5-11(8)13(16)14-12(15)9(2)7-18-14/h4-7,13H,1-3H3. The first-order chi connectivity index (χ1) is 8.54. The van der Waals surface area contributed by atoms with Crippen LogP contribution in [0.3, 0.4) is 0 Å². The minimum absolute atomic E-state index is 0.206. The van der Waals surface area contributed by atoms with E-state index in [-0.39, 0.29) is 5.38 Å². The van der Waals surface area contributed by atoms with E-state index in [0.29, 0.717) is 0 Å². The maximum absolute atomic E-state index is 6.54. The van der Waals surface area contributed by atoms with Crippen molar-refractivity contribution in [2.24, 2.45) is 0 Å². The molecule has 0 N–H and O–H groups in total. The zero-order valence-corrected chi connectivity index (χ0v) is 12.8. The minimum atomic E-state index is -0.206. The van der Waals surface area contributed by atoms with Crippen molar-refractivity contribution >= 4 is 34.5 Å². The Kier molecular flexibility index (Phi) is 4.21. The Morgan fingerprint density at radius 1 is 1.22 bits per heavy atom. The third kappa shape index (κ3) is 2.51. The molecular weight excluding hydrogens is 287 g/mol. The first-order valence-corrected chi connectivity index (χ1v) is 7.26. The number of aryl methyl sites for hydroxylation is 2. The van der Waals surface area contributed by atoms with Crippen LogP contribution in [0.5, 0.6) is 5.75 Å². The van der Waals surface area contributed by atoms with Gasteiger partial charge in [0, 0.05) is 4.88 Å². The molecule has 1 atom stereocenters. The normalized spacial score (nSPS) is 12.5. The van der Waals surface area contributed by atoms with Crippen LogP contribution in [-0.2, 0) is 0 Å². The third-order valence-corrected chi connectivity index (χ3v) is 5.27. The van der Waals surface area contributed by atoms with Crippen LogP contribution in [-0.4, -0.2) is 7.11 Å². The van der Waals surface area contributed by atoms with Gasteiger partial charge in [0.05, 0.1) is 17.5 Å². The molecule has 1 aromatic carbocycles. The summed E-state index contributed by atoms with van der Waals surface area (Å²) in [4.78, 5) is 1.00. The van der Waals surface area contributed by atoms with Gasteiger partial charge in [-0.05, 0) is 48.1 Å². The summed E-state index contributed by atoms with van der Waals surface area (Å²) in [6.45, 7) is 4.02. The maximum Gasteiger partial charge on any atom is 0.119 e. The Balaban J connectivity index is 2.40. The van der Waals surface area contributed by atoms with E-state index in [9.17, 15) is 0 Å². The van der Waals surface area contributed by atoms with E-state index in [2.05, 4.69) is 0 Å². The molecule has 1 aromatic heterocycles. The molecular formula is C14H14Cl2OS. The summed E-state index contributed by atoms with van der Waals surface area (Å²) in [5.41, 5.74) is 3.26. The first kappa shape index (κ1) is 13.7. The first-order valence-electron chi connectivity index (χ1n) is 5.56. The zero-order chi connectivity index (χ0) is 13.3. The van der Waals surface area contributed by atoms with Crippen molar-refractivity contribution in [2.75, 3.05) is 7.11 Å². The number of hydrogen-bond acceptors (Lipinski definition) is 2. The fourth-order valence-corrected chi connectivity index (χ4v) is 3.68. The number of alkyl halides is 1. The molecule has 1 nitrogen and oxygen atoms in total. The molecule has 0 saturated heterocycles. The predicted octanol–water partition coefficient (Wildman–Crippen LogP) is 5.36. The van der Waals surface area contributed by atoms with E-state index < -0.39 is 0 Å². The monoisotopic (exact) mass is 300 g/mol. The molecule has 2 rings (SSSR count). The van der Waals surface area contributed by atoms with Gasteiger partial charge in [-0.25, -0.2) is 0 Å². The Labute approximate surface area is 121 Å². The van der Waals surface area contributed by atoms with Gasteiger partial charge in [-0.1, -0.05) is 17.7 Å². The quantitative estimate of drug-likeness (QED) is 0.694. The summed E-state index contributed by atoms with van der Waals surface area (Å²) in [7, 11) is 1.66. The number of halogens is 2. The van der Waals surface area contributed by atoms with Crippen LogP contribution in [0.4, 0.5) is 0 Å². The summed E-state index contributed by atoms with van der Waals surface area (Å²) < 4.78 is 5.20. The summed E-state index contributed by atoms with van der Waals surface area (Å²) in [6, 6.07) is 5.91. The summed E-state index contributed by atoms with van der Waals surface area (Å²) >= 11 is 14.4. The highest BCUT2D eigenvalue weighted by Gasteiger charge is 2.19.